The summed E-state index contributed by atoms with van der Waals surface area (Å²) in [4.78, 5) is 27.4. The lowest BCUT2D eigenvalue weighted by Gasteiger charge is -2.18. The Bertz CT molecular complexity index is 1450. The van der Waals surface area contributed by atoms with Crippen LogP contribution in [0, 0.1) is 17.2 Å². The van der Waals surface area contributed by atoms with Crippen LogP contribution in [0.4, 0.5) is 5.69 Å². The molecule has 34 heavy (non-hydrogen) atoms. The molecule has 5 rings (SSSR count). The molecule has 0 fully saturated rings. The molecule has 4 aromatic rings. The lowest BCUT2D eigenvalue weighted by molar-refractivity contribution is -0.117. The molecule has 1 N–H and O–H groups in total. The zero-order valence-corrected chi connectivity index (χ0v) is 19.3. The minimum Gasteiger partial charge on any atom is -0.325 e. The predicted octanol–water partition coefficient (Wildman–Crippen LogP) is 5.76. The molecule has 0 radical (unpaired) electrons. The number of halogens is 1. The molecule has 3 aromatic carbocycles. The van der Waals surface area contributed by atoms with Crippen LogP contribution in [0.25, 0.3) is 16.9 Å². The van der Waals surface area contributed by atoms with Gasteiger partial charge in [-0.2, -0.15) is 10.4 Å². The maximum atomic E-state index is 13.5. The molecule has 6 nitrogen and oxygen atoms in total. The van der Waals surface area contributed by atoms with Gasteiger partial charge < -0.3 is 5.32 Å². The highest BCUT2D eigenvalue weighted by Crippen LogP contribution is 2.45. The average molecular weight is 485 g/mol. The van der Waals surface area contributed by atoms with E-state index < -0.39 is 17.6 Å². The number of anilines is 1. The van der Waals surface area contributed by atoms with Gasteiger partial charge in [0.1, 0.15) is 5.69 Å². The van der Waals surface area contributed by atoms with Crippen LogP contribution < -0.4 is 5.32 Å². The predicted molar refractivity (Wildman–Crippen MR) is 132 cm³/mol. The number of para-hydroxylation sites is 2. The lowest BCUT2D eigenvalue weighted by Crippen LogP contribution is -2.29. The zero-order valence-electron chi connectivity index (χ0n) is 17.7. The molecule has 1 aromatic heterocycles. The Balaban J connectivity index is 1.61. The largest absolute Gasteiger partial charge is 0.325 e. The van der Waals surface area contributed by atoms with E-state index in [-0.39, 0.29) is 5.69 Å². The highest BCUT2D eigenvalue weighted by molar-refractivity contribution is 7.98. The summed E-state index contributed by atoms with van der Waals surface area (Å²) in [6, 6.07) is 25.6. The maximum Gasteiger partial charge on any atom is 0.249 e. The molecule has 1 unspecified atom stereocenters. The van der Waals surface area contributed by atoms with Crippen LogP contribution in [-0.4, -0.2) is 21.5 Å². The van der Waals surface area contributed by atoms with E-state index >= 15 is 0 Å². The first-order valence-electron chi connectivity index (χ1n) is 10.5. The number of ketones is 1. The van der Waals surface area contributed by atoms with Gasteiger partial charge in [-0.15, -0.1) is 11.8 Å². The van der Waals surface area contributed by atoms with E-state index in [4.69, 9.17) is 11.6 Å². The van der Waals surface area contributed by atoms with Gasteiger partial charge in [0, 0.05) is 32.5 Å². The molecule has 8 heteroatoms. The Morgan fingerprint density at radius 1 is 1.06 bits per heavy atom. The van der Waals surface area contributed by atoms with Crippen molar-refractivity contribution in [2.75, 3.05) is 5.32 Å². The minimum atomic E-state index is -1.53. The van der Waals surface area contributed by atoms with Crippen molar-refractivity contribution >= 4 is 40.7 Å². The third-order valence-electron chi connectivity index (χ3n) is 5.48. The number of nitrogens with one attached hydrogen (secondary N) is 1. The molecule has 0 bridgehead atoms. The molecular weight excluding hydrogens is 468 g/mol. The highest BCUT2D eigenvalue weighted by atomic mass is 35.5. The van der Waals surface area contributed by atoms with E-state index in [1.807, 2.05) is 60.7 Å². The second-order valence-electron chi connectivity index (χ2n) is 7.63. The number of aromatic nitrogens is 2. The summed E-state index contributed by atoms with van der Waals surface area (Å²) in [5.74, 6) is -2.37. The van der Waals surface area contributed by atoms with E-state index in [9.17, 15) is 14.9 Å². The minimum absolute atomic E-state index is 0.117. The number of carbonyl (C=O) groups is 2. The first-order valence-corrected chi connectivity index (χ1v) is 11.8. The molecule has 0 saturated carbocycles. The molecule has 2 heterocycles. The van der Waals surface area contributed by atoms with E-state index in [1.165, 1.54) is 0 Å². The number of rotatable bonds is 5. The Morgan fingerprint density at radius 3 is 2.47 bits per heavy atom. The van der Waals surface area contributed by atoms with Gasteiger partial charge in [0.15, 0.2) is 5.92 Å². The van der Waals surface area contributed by atoms with Crippen molar-refractivity contribution in [3.05, 3.63) is 95.1 Å². The Kier molecular flexibility index (Phi) is 5.93. The van der Waals surface area contributed by atoms with Crippen molar-refractivity contribution in [1.29, 1.82) is 5.26 Å². The van der Waals surface area contributed by atoms with Crippen LogP contribution in [0.2, 0.25) is 5.02 Å². The number of hydrogen-bond donors (Lipinski definition) is 1. The van der Waals surface area contributed by atoms with Crippen LogP contribution in [0.15, 0.2) is 83.8 Å². The molecule has 1 aliphatic rings. The number of Topliss-reactive ketones (excluding diaryl/α,β-unsaturated/α-hetero) is 1. The van der Waals surface area contributed by atoms with Crippen LogP contribution in [-0.2, 0) is 10.5 Å². The van der Waals surface area contributed by atoms with Gasteiger partial charge in [-0.25, -0.2) is 4.68 Å². The molecule has 1 atom stereocenters. The summed E-state index contributed by atoms with van der Waals surface area (Å²) >= 11 is 7.86. The third-order valence-corrected chi connectivity index (χ3v) is 6.82. The van der Waals surface area contributed by atoms with Gasteiger partial charge >= 0.3 is 0 Å². The highest BCUT2D eigenvalue weighted by Gasteiger charge is 2.35. The molecule has 0 saturated heterocycles. The van der Waals surface area contributed by atoms with E-state index in [0.717, 1.165) is 21.8 Å². The fourth-order valence-electron chi connectivity index (χ4n) is 3.89. The summed E-state index contributed by atoms with van der Waals surface area (Å²) < 4.78 is 1.70. The summed E-state index contributed by atoms with van der Waals surface area (Å²) in [5.41, 5.74) is 3.67. The van der Waals surface area contributed by atoms with Gasteiger partial charge in [-0.3, -0.25) is 9.59 Å². The SMILES string of the molecule is N#CC(C(=O)Nc1ccccc1)C(=O)c1nn(-c2ccccc2)c2c1CSc1ccc(Cl)cc1-2. The standard InChI is InChI=1S/C26H17ClN4O2S/c27-16-11-12-22-19(13-16)24-21(15-34-22)23(30-31(24)18-9-5-2-6-10-18)25(32)20(14-28)26(33)29-17-7-3-1-4-8-17/h1-13,20H,15H2,(H,29,33). The average Bonchev–Trinajstić information content (AvgIpc) is 3.26. The Labute approximate surface area is 205 Å². The topological polar surface area (TPSA) is 87.8 Å². The Hall–Kier alpha value is -3.86. The fraction of sp³-hybridized carbons (Fsp3) is 0.0769. The van der Waals surface area contributed by atoms with Crippen molar-refractivity contribution in [2.45, 2.75) is 10.6 Å². The van der Waals surface area contributed by atoms with Gasteiger partial charge in [0.05, 0.1) is 17.5 Å². The summed E-state index contributed by atoms with van der Waals surface area (Å²) in [6.45, 7) is 0. The summed E-state index contributed by atoms with van der Waals surface area (Å²) in [5, 5.41) is 17.6. The van der Waals surface area contributed by atoms with Crippen molar-refractivity contribution < 1.29 is 9.59 Å². The third kappa shape index (κ3) is 3.98. The first kappa shape index (κ1) is 22.0. The summed E-state index contributed by atoms with van der Waals surface area (Å²) in [6.07, 6.45) is 0. The van der Waals surface area contributed by atoms with Gasteiger partial charge in [0.2, 0.25) is 11.7 Å². The number of benzene rings is 3. The van der Waals surface area contributed by atoms with Crippen molar-refractivity contribution in [3.63, 3.8) is 0 Å². The second-order valence-corrected chi connectivity index (χ2v) is 9.09. The van der Waals surface area contributed by atoms with Crippen LogP contribution in [0.5, 0.6) is 0 Å². The maximum absolute atomic E-state index is 13.5. The fourth-order valence-corrected chi connectivity index (χ4v) is 5.11. The van der Waals surface area contributed by atoms with Crippen molar-refractivity contribution in [1.82, 2.24) is 9.78 Å². The zero-order chi connectivity index (χ0) is 23.7. The first-order chi connectivity index (χ1) is 16.6. The second kappa shape index (κ2) is 9.18. The molecule has 1 amide bonds. The van der Waals surface area contributed by atoms with Crippen LogP contribution in [0.1, 0.15) is 16.1 Å². The number of fused-ring (bicyclic) bond motifs is 3. The smallest absolute Gasteiger partial charge is 0.249 e. The van der Waals surface area contributed by atoms with Gasteiger partial charge in [0.25, 0.3) is 0 Å². The molecular formula is C26H17ClN4O2S. The number of carbonyl (C=O) groups excluding carboxylic acids is 2. The lowest BCUT2D eigenvalue weighted by atomic mass is 9.97. The monoisotopic (exact) mass is 484 g/mol. The number of nitrogens with zero attached hydrogens (tertiary/aromatic N) is 3. The molecule has 166 valence electrons. The van der Waals surface area contributed by atoms with E-state index in [2.05, 4.69) is 10.4 Å². The van der Waals surface area contributed by atoms with Crippen molar-refractivity contribution in [3.8, 4) is 23.0 Å². The molecule has 0 aliphatic carbocycles. The molecule has 0 spiro atoms. The van der Waals surface area contributed by atoms with E-state index in [0.29, 0.717) is 22.0 Å². The van der Waals surface area contributed by atoms with Gasteiger partial charge in [-0.05, 0) is 42.5 Å². The number of hydrogen-bond acceptors (Lipinski definition) is 5. The number of nitriles is 1. The normalized spacial score (nSPS) is 12.7. The number of amides is 1. The quantitative estimate of drug-likeness (QED) is 0.287. The van der Waals surface area contributed by atoms with Crippen LogP contribution >= 0.6 is 23.4 Å². The van der Waals surface area contributed by atoms with Crippen molar-refractivity contribution in [2.24, 2.45) is 5.92 Å². The Morgan fingerprint density at radius 2 is 1.76 bits per heavy atom. The molecule has 1 aliphatic heterocycles. The van der Waals surface area contributed by atoms with Gasteiger partial charge in [-0.1, -0.05) is 48.0 Å². The summed E-state index contributed by atoms with van der Waals surface area (Å²) in [7, 11) is 0. The van der Waals surface area contributed by atoms with E-state index in [1.54, 1.807) is 40.7 Å². The number of thioether (sulfide) groups is 1. The van der Waals surface area contributed by atoms with Crippen LogP contribution in [0.3, 0.4) is 0 Å².